The van der Waals surface area contributed by atoms with Crippen molar-refractivity contribution >= 4 is 17.4 Å². The highest BCUT2D eigenvalue weighted by Gasteiger charge is 2.36. The highest BCUT2D eigenvalue weighted by atomic mass is 19.1. The maximum Gasteiger partial charge on any atom is 0.268 e. The monoisotopic (exact) mass is 428 g/mol. The van der Waals surface area contributed by atoms with Gasteiger partial charge in [0.05, 0.1) is 19.4 Å². The van der Waals surface area contributed by atoms with Crippen LogP contribution < -0.4 is 14.4 Å². The van der Waals surface area contributed by atoms with Crippen molar-refractivity contribution in [3.8, 4) is 11.6 Å². The summed E-state index contributed by atoms with van der Waals surface area (Å²) in [7, 11) is 0. The van der Waals surface area contributed by atoms with E-state index in [2.05, 4.69) is 4.98 Å². The maximum atomic E-state index is 14.4. The minimum absolute atomic E-state index is 0.00321. The molecule has 0 spiro atoms. The lowest BCUT2D eigenvalue weighted by Crippen LogP contribution is -2.32. The van der Waals surface area contributed by atoms with E-state index in [0.717, 1.165) is 0 Å². The lowest BCUT2D eigenvalue weighted by atomic mass is 9.97. The molecule has 0 bridgehead atoms. The number of aliphatic hydroxyl groups excluding tert-OH is 1. The fourth-order valence-corrected chi connectivity index (χ4v) is 3.67. The molecule has 0 saturated carbocycles. The molecule has 4 rings (SSSR count). The van der Waals surface area contributed by atoms with Gasteiger partial charge in [0.15, 0.2) is 11.9 Å². The third-order valence-corrected chi connectivity index (χ3v) is 5.58. The third kappa shape index (κ3) is 4.39. The number of aliphatic hydroxyl groups is 1. The van der Waals surface area contributed by atoms with Crippen molar-refractivity contribution in [1.82, 2.24) is 4.98 Å². The van der Waals surface area contributed by atoms with Crippen molar-refractivity contribution < 1.29 is 28.6 Å². The number of pyridine rings is 1. The molecule has 1 aromatic heterocycles. The van der Waals surface area contributed by atoms with E-state index in [9.17, 15) is 19.1 Å². The van der Waals surface area contributed by atoms with Crippen LogP contribution in [0.3, 0.4) is 0 Å². The minimum atomic E-state index is -0.714. The molecule has 1 saturated heterocycles. The zero-order valence-electron chi connectivity index (χ0n) is 17.6. The second kappa shape index (κ2) is 8.26. The summed E-state index contributed by atoms with van der Waals surface area (Å²) in [6.07, 6.45) is 1.91. The first-order valence-corrected chi connectivity index (χ1v) is 10.3. The molecule has 2 aromatic rings. The Morgan fingerprint density at radius 3 is 2.77 bits per heavy atom. The second-order valence-corrected chi connectivity index (χ2v) is 8.71. The number of aromatic nitrogens is 1. The molecule has 0 unspecified atom stereocenters. The van der Waals surface area contributed by atoms with Gasteiger partial charge in [-0.15, -0.1) is 0 Å². The number of benzene rings is 1. The lowest BCUT2D eigenvalue weighted by Gasteiger charge is -2.21. The van der Waals surface area contributed by atoms with Gasteiger partial charge in [0, 0.05) is 42.1 Å². The number of ether oxygens (including phenoxy) is 2. The van der Waals surface area contributed by atoms with E-state index in [-0.39, 0.29) is 23.7 Å². The molecule has 1 amide bonds. The van der Waals surface area contributed by atoms with Crippen molar-refractivity contribution in [2.45, 2.75) is 39.2 Å². The number of rotatable bonds is 7. The molecule has 1 N–H and O–H groups in total. The summed E-state index contributed by atoms with van der Waals surface area (Å²) in [6, 6.07) is 6.23. The van der Waals surface area contributed by atoms with Gasteiger partial charge in [0.2, 0.25) is 5.88 Å². The number of nitrogens with zero attached hydrogens (tertiary/aromatic N) is 2. The summed E-state index contributed by atoms with van der Waals surface area (Å²) >= 11 is 0. The Labute approximate surface area is 179 Å². The number of halogens is 1. The Hall–Kier alpha value is -3.00. The van der Waals surface area contributed by atoms with Gasteiger partial charge in [-0.2, -0.15) is 0 Å². The van der Waals surface area contributed by atoms with Crippen LogP contribution in [-0.4, -0.2) is 47.6 Å². The standard InChI is InChI=1S/C23H25FN2O5/c1-23(2,12-27)13-30-21-6-3-15(11-25-21)31-20-7-8-26(22(20)29)14-9-17-16(18(24)10-14)4-5-19(17)28/h3,6,9-11,20,27H,4-5,7-8,12-13H2,1-2H3/t20-/m1/s1. The first-order valence-electron chi connectivity index (χ1n) is 10.3. The molecule has 1 aromatic carbocycles. The number of hydrogen-bond acceptors (Lipinski definition) is 6. The highest BCUT2D eigenvalue weighted by Crippen LogP contribution is 2.32. The molecule has 7 nitrogen and oxygen atoms in total. The van der Waals surface area contributed by atoms with Gasteiger partial charge < -0.3 is 19.5 Å². The SMILES string of the molecule is CC(C)(CO)COc1ccc(O[C@@H]2CCN(c3cc(F)c4c(c3)C(=O)CC4)C2=O)cn1. The van der Waals surface area contributed by atoms with Crippen molar-refractivity contribution in [3.05, 3.63) is 47.4 Å². The van der Waals surface area contributed by atoms with Gasteiger partial charge in [0.25, 0.3) is 5.91 Å². The van der Waals surface area contributed by atoms with Crippen LogP contribution in [-0.2, 0) is 11.2 Å². The molecule has 1 aliphatic heterocycles. The van der Waals surface area contributed by atoms with Crippen molar-refractivity contribution in [2.75, 3.05) is 24.7 Å². The predicted molar refractivity (Wildman–Crippen MR) is 111 cm³/mol. The van der Waals surface area contributed by atoms with Crippen LogP contribution in [0, 0.1) is 11.2 Å². The topological polar surface area (TPSA) is 89.0 Å². The number of carbonyl (C=O) groups excluding carboxylic acids is 2. The van der Waals surface area contributed by atoms with Crippen molar-refractivity contribution in [1.29, 1.82) is 0 Å². The van der Waals surface area contributed by atoms with E-state index in [4.69, 9.17) is 9.47 Å². The molecule has 0 radical (unpaired) electrons. The quantitative estimate of drug-likeness (QED) is 0.730. The first kappa shape index (κ1) is 21.2. The van der Waals surface area contributed by atoms with Crippen LogP contribution in [0.25, 0.3) is 0 Å². The van der Waals surface area contributed by atoms with Gasteiger partial charge in [-0.1, -0.05) is 13.8 Å². The largest absolute Gasteiger partial charge is 0.479 e. The van der Waals surface area contributed by atoms with E-state index in [1.807, 2.05) is 13.8 Å². The van der Waals surface area contributed by atoms with Gasteiger partial charge in [-0.3, -0.25) is 9.59 Å². The van der Waals surface area contributed by atoms with Gasteiger partial charge in [-0.05, 0) is 30.2 Å². The van der Waals surface area contributed by atoms with Crippen LogP contribution in [0.15, 0.2) is 30.5 Å². The number of fused-ring (bicyclic) bond motifs is 1. The summed E-state index contributed by atoms with van der Waals surface area (Å²) in [6.45, 7) is 4.44. The zero-order chi connectivity index (χ0) is 22.2. The van der Waals surface area contributed by atoms with Gasteiger partial charge in [0.1, 0.15) is 11.6 Å². The lowest BCUT2D eigenvalue weighted by molar-refractivity contribution is -0.122. The van der Waals surface area contributed by atoms with Crippen molar-refractivity contribution in [3.63, 3.8) is 0 Å². The van der Waals surface area contributed by atoms with Crippen LogP contribution in [0.4, 0.5) is 10.1 Å². The Balaban J connectivity index is 1.41. The molecule has 164 valence electrons. The maximum absolute atomic E-state index is 14.4. The summed E-state index contributed by atoms with van der Waals surface area (Å²) in [5.74, 6) is -0.00345. The number of ketones is 1. The van der Waals surface area contributed by atoms with Crippen LogP contribution in [0.5, 0.6) is 11.6 Å². The number of amides is 1. The molecular weight excluding hydrogens is 403 g/mol. The van der Waals surface area contributed by atoms with E-state index in [0.29, 0.717) is 60.9 Å². The second-order valence-electron chi connectivity index (χ2n) is 8.71. The van der Waals surface area contributed by atoms with Crippen LogP contribution >= 0.6 is 0 Å². The van der Waals surface area contributed by atoms with Gasteiger partial charge in [-0.25, -0.2) is 9.37 Å². The number of Topliss-reactive ketones (excluding diaryl/α,β-unsaturated/α-hetero) is 1. The normalized spacial score (nSPS) is 18.5. The predicted octanol–water partition coefficient (Wildman–Crippen LogP) is 2.93. The Morgan fingerprint density at radius 2 is 2.06 bits per heavy atom. The molecular formula is C23H25FN2O5. The molecule has 31 heavy (non-hydrogen) atoms. The Morgan fingerprint density at radius 1 is 1.26 bits per heavy atom. The van der Waals surface area contributed by atoms with Crippen LogP contribution in [0.1, 0.15) is 42.6 Å². The van der Waals surface area contributed by atoms with E-state index < -0.39 is 11.9 Å². The minimum Gasteiger partial charge on any atom is -0.479 e. The summed E-state index contributed by atoms with van der Waals surface area (Å²) in [5, 5.41) is 9.28. The van der Waals surface area contributed by atoms with Crippen molar-refractivity contribution in [2.24, 2.45) is 5.41 Å². The molecule has 1 atom stereocenters. The number of hydrogen-bond donors (Lipinski definition) is 1. The molecule has 1 fully saturated rings. The number of anilines is 1. The molecule has 2 aliphatic rings. The Kier molecular flexibility index (Phi) is 5.66. The molecule has 2 heterocycles. The zero-order valence-corrected chi connectivity index (χ0v) is 17.6. The summed E-state index contributed by atoms with van der Waals surface area (Å²) in [5.41, 5.74) is 0.814. The average molecular weight is 428 g/mol. The summed E-state index contributed by atoms with van der Waals surface area (Å²) in [4.78, 5) is 30.5. The highest BCUT2D eigenvalue weighted by molar-refractivity contribution is 6.04. The molecule has 8 heteroatoms. The molecule has 1 aliphatic carbocycles. The summed E-state index contributed by atoms with van der Waals surface area (Å²) < 4.78 is 25.8. The van der Waals surface area contributed by atoms with E-state index in [1.165, 1.54) is 17.2 Å². The van der Waals surface area contributed by atoms with Gasteiger partial charge >= 0.3 is 0 Å². The first-order chi connectivity index (χ1) is 14.8. The smallest absolute Gasteiger partial charge is 0.268 e. The van der Waals surface area contributed by atoms with E-state index >= 15 is 0 Å². The Bertz CT molecular complexity index is 1010. The average Bonchev–Trinajstić information content (AvgIpc) is 3.31. The number of carbonyl (C=O) groups is 2. The van der Waals surface area contributed by atoms with E-state index in [1.54, 1.807) is 18.2 Å². The fraction of sp³-hybridized carbons (Fsp3) is 0.435. The fourth-order valence-electron chi connectivity index (χ4n) is 3.67. The third-order valence-electron chi connectivity index (χ3n) is 5.58. The van der Waals surface area contributed by atoms with Crippen LogP contribution in [0.2, 0.25) is 0 Å².